The maximum atomic E-state index is 6.14. The summed E-state index contributed by atoms with van der Waals surface area (Å²) in [5, 5.41) is 2.23. The summed E-state index contributed by atoms with van der Waals surface area (Å²) in [7, 11) is 0. The molecule has 1 fully saturated rings. The molecule has 1 aliphatic heterocycles. The standard InChI is InChI=1S/C13H27NO/c1-11(2,3)15-14-12(4,5)9-8-10-13(14,6)7/h8-10H2,1-7H3. The molecule has 0 bridgehead atoms. The number of hydroxylamine groups is 2. The molecule has 15 heavy (non-hydrogen) atoms. The second-order valence-corrected chi connectivity index (χ2v) is 6.98. The fourth-order valence-electron chi connectivity index (χ4n) is 2.50. The van der Waals surface area contributed by atoms with E-state index >= 15 is 0 Å². The Hall–Kier alpha value is -0.0800. The average molecular weight is 213 g/mol. The summed E-state index contributed by atoms with van der Waals surface area (Å²) in [5.74, 6) is 0. The third-order valence-electron chi connectivity index (χ3n) is 3.04. The predicted octanol–water partition coefficient (Wildman–Crippen LogP) is 3.76. The van der Waals surface area contributed by atoms with E-state index in [1.165, 1.54) is 19.3 Å². The van der Waals surface area contributed by atoms with Crippen LogP contribution in [0.25, 0.3) is 0 Å². The topological polar surface area (TPSA) is 12.5 Å². The Kier molecular flexibility index (Phi) is 3.24. The van der Waals surface area contributed by atoms with Crippen molar-refractivity contribution in [2.45, 2.75) is 84.4 Å². The van der Waals surface area contributed by atoms with Crippen molar-refractivity contribution in [3.63, 3.8) is 0 Å². The molecule has 2 heteroatoms. The SMILES string of the molecule is CC(C)(C)ON1C(C)(C)CCCC1(C)C. The van der Waals surface area contributed by atoms with Gasteiger partial charge in [0.05, 0.1) is 5.60 Å². The van der Waals surface area contributed by atoms with E-state index in [4.69, 9.17) is 4.84 Å². The zero-order chi connectivity index (χ0) is 11.9. The highest BCUT2D eigenvalue weighted by molar-refractivity contribution is 4.93. The third kappa shape index (κ3) is 3.18. The van der Waals surface area contributed by atoms with E-state index in [-0.39, 0.29) is 16.7 Å². The predicted molar refractivity (Wildman–Crippen MR) is 64.7 cm³/mol. The molecule has 2 nitrogen and oxygen atoms in total. The monoisotopic (exact) mass is 213 g/mol. The van der Waals surface area contributed by atoms with Crippen LogP contribution in [0.4, 0.5) is 0 Å². The Balaban J connectivity index is 2.87. The molecular weight excluding hydrogens is 186 g/mol. The average Bonchev–Trinajstić information content (AvgIpc) is 1.95. The van der Waals surface area contributed by atoms with Crippen molar-refractivity contribution in [2.75, 3.05) is 0 Å². The molecule has 1 rings (SSSR count). The molecule has 0 aromatic carbocycles. The maximum Gasteiger partial charge on any atom is 0.0816 e. The van der Waals surface area contributed by atoms with Crippen LogP contribution in [0.1, 0.15) is 67.7 Å². The number of hydrogen-bond acceptors (Lipinski definition) is 2. The molecule has 0 N–H and O–H groups in total. The van der Waals surface area contributed by atoms with Crippen LogP contribution in [-0.4, -0.2) is 21.7 Å². The maximum absolute atomic E-state index is 6.14. The van der Waals surface area contributed by atoms with Crippen molar-refractivity contribution in [3.05, 3.63) is 0 Å². The van der Waals surface area contributed by atoms with E-state index < -0.39 is 0 Å². The Morgan fingerprint density at radius 3 is 1.67 bits per heavy atom. The van der Waals surface area contributed by atoms with Crippen LogP contribution in [0.5, 0.6) is 0 Å². The van der Waals surface area contributed by atoms with Gasteiger partial charge in [-0.15, -0.1) is 0 Å². The first-order valence-corrected chi connectivity index (χ1v) is 6.04. The van der Waals surface area contributed by atoms with E-state index in [1.54, 1.807) is 0 Å². The van der Waals surface area contributed by atoms with Crippen LogP contribution in [0.3, 0.4) is 0 Å². The smallest absolute Gasteiger partial charge is 0.0816 e. The number of hydrogen-bond donors (Lipinski definition) is 0. The molecule has 90 valence electrons. The zero-order valence-electron chi connectivity index (χ0n) is 11.5. The van der Waals surface area contributed by atoms with E-state index in [1.807, 2.05) is 0 Å². The second kappa shape index (κ2) is 3.74. The summed E-state index contributed by atoms with van der Waals surface area (Å²) in [6.07, 6.45) is 3.73. The Morgan fingerprint density at radius 2 is 1.33 bits per heavy atom. The molecular formula is C13H27NO. The summed E-state index contributed by atoms with van der Waals surface area (Å²) < 4.78 is 0. The molecule has 0 unspecified atom stereocenters. The molecule has 0 aromatic rings. The van der Waals surface area contributed by atoms with Crippen molar-refractivity contribution in [1.82, 2.24) is 5.06 Å². The molecule has 0 radical (unpaired) electrons. The third-order valence-corrected chi connectivity index (χ3v) is 3.04. The van der Waals surface area contributed by atoms with Gasteiger partial charge in [0.2, 0.25) is 0 Å². The molecule has 1 saturated heterocycles. The van der Waals surface area contributed by atoms with Gasteiger partial charge < -0.3 is 0 Å². The molecule has 0 aliphatic carbocycles. The van der Waals surface area contributed by atoms with Gasteiger partial charge in [-0.3, -0.25) is 4.84 Å². The van der Waals surface area contributed by atoms with Gasteiger partial charge in [0.15, 0.2) is 0 Å². The Bertz CT molecular complexity index is 209. The fraction of sp³-hybridized carbons (Fsp3) is 1.00. The number of nitrogens with zero attached hydrogens (tertiary/aromatic N) is 1. The largest absolute Gasteiger partial charge is 0.292 e. The van der Waals surface area contributed by atoms with Crippen molar-refractivity contribution in [1.29, 1.82) is 0 Å². The summed E-state index contributed by atoms with van der Waals surface area (Å²) in [6, 6.07) is 0. The Morgan fingerprint density at radius 1 is 0.933 bits per heavy atom. The molecule has 0 aromatic heterocycles. The first-order chi connectivity index (χ1) is 6.55. The highest BCUT2D eigenvalue weighted by Gasteiger charge is 2.44. The number of piperidine rings is 1. The van der Waals surface area contributed by atoms with Gasteiger partial charge in [-0.1, -0.05) is 0 Å². The van der Waals surface area contributed by atoms with Crippen molar-refractivity contribution in [2.24, 2.45) is 0 Å². The minimum atomic E-state index is -0.105. The summed E-state index contributed by atoms with van der Waals surface area (Å²) in [4.78, 5) is 6.14. The van der Waals surface area contributed by atoms with Crippen LogP contribution in [-0.2, 0) is 4.84 Å². The lowest BCUT2D eigenvalue weighted by molar-refractivity contribution is -0.324. The van der Waals surface area contributed by atoms with Crippen LogP contribution >= 0.6 is 0 Å². The van der Waals surface area contributed by atoms with Crippen molar-refractivity contribution in [3.8, 4) is 0 Å². The van der Waals surface area contributed by atoms with Gasteiger partial charge in [-0.25, -0.2) is 0 Å². The first-order valence-electron chi connectivity index (χ1n) is 6.04. The van der Waals surface area contributed by atoms with Gasteiger partial charge in [0.1, 0.15) is 0 Å². The highest BCUT2D eigenvalue weighted by atomic mass is 16.7. The van der Waals surface area contributed by atoms with Gasteiger partial charge >= 0.3 is 0 Å². The minimum Gasteiger partial charge on any atom is -0.292 e. The highest BCUT2D eigenvalue weighted by Crippen LogP contribution is 2.39. The minimum absolute atomic E-state index is 0.105. The quantitative estimate of drug-likeness (QED) is 0.657. The molecule has 0 amide bonds. The van der Waals surface area contributed by atoms with Gasteiger partial charge in [-0.05, 0) is 67.7 Å². The second-order valence-electron chi connectivity index (χ2n) is 6.98. The fourth-order valence-corrected chi connectivity index (χ4v) is 2.50. The lowest BCUT2D eigenvalue weighted by Crippen LogP contribution is -2.60. The molecule has 1 aliphatic rings. The normalized spacial score (nSPS) is 26.6. The van der Waals surface area contributed by atoms with E-state index in [0.29, 0.717) is 0 Å². The van der Waals surface area contributed by atoms with Gasteiger partial charge in [0, 0.05) is 11.1 Å². The van der Waals surface area contributed by atoms with Crippen LogP contribution in [0, 0.1) is 0 Å². The summed E-state index contributed by atoms with van der Waals surface area (Å²) in [6.45, 7) is 15.5. The van der Waals surface area contributed by atoms with E-state index in [0.717, 1.165) is 0 Å². The van der Waals surface area contributed by atoms with Crippen molar-refractivity contribution >= 4 is 0 Å². The van der Waals surface area contributed by atoms with Crippen LogP contribution in [0.2, 0.25) is 0 Å². The van der Waals surface area contributed by atoms with Crippen LogP contribution in [0.15, 0.2) is 0 Å². The van der Waals surface area contributed by atoms with Crippen LogP contribution < -0.4 is 0 Å². The number of rotatable bonds is 1. The molecule has 0 spiro atoms. The molecule has 0 atom stereocenters. The zero-order valence-corrected chi connectivity index (χ0v) is 11.5. The van der Waals surface area contributed by atoms with E-state index in [2.05, 4.69) is 53.5 Å². The Labute approximate surface area is 94.9 Å². The summed E-state index contributed by atoms with van der Waals surface area (Å²) in [5.41, 5.74) is 0.190. The van der Waals surface area contributed by atoms with E-state index in [9.17, 15) is 0 Å². The van der Waals surface area contributed by atoms with Crippen molar-refractivity contribution < 1.29 is 4.84 Å². The van der Waals surface area contributed by atoms with Gasteiger partial charge in [0.25, 0.3) is 0 Å². The first kappa shape index (κ1) is 13.0. The van der Waals surface area contributed by atoms with Gasteiger partial charge in [-0.2, -0.15) is 5.06 Å². The summed E-state index contributed by atoms with van der Waals surface area (Å²) >= 11 is 0. The molecule has 0 saturated carbocycles. The lowest BCUT2D eigenvalue weighted by Gasteiger charge is -2.53. The molecule has 1 heterocycles. The lowest BCUT2D eigenvalue weighted by atomic mass is 9.82.